The SMILES string of the molecule is CCCCCCc1ccc(OC(=O)O)c(CCC)c1CCC. The minimum Gasteiger partial charge on any atom is -0.449 e. The van der Waals surface area contributed by atoms with Crippen LogP contribution in [0.5, 0.6) is 5.75 Å². The number of hydrogen-bond donors (Lipinski definition) is 1. The van der Waals surface area contributed by atoms with Gasteiger partial charge in [0.1, 0.15) is 5.75 Å². The Morgan fingerprint density at radius 3 is 2.18 bits per heavy atom. The smallest absolute Gasteiger partial charge is 0.449 e. The van der Waals surface area contributed by atoms with Gasteiger partial charge >= 0.3 is 6.16 Å². The van der Waals surface area contributed by atoms with Crippen molar-refractivity contribution in [2.45, 2.75) is 78.6 Å². The predicted octanol–water partition coefficient (Wildman–Crippen LogP) is 5.77. The molecule has 1 aromatic rings. The van der Waals surface area contributed by atoms with Gasteiger partial charge in [0.2, 0.25) is 0 Å². The predicted molar refractivity (Wildman–Crippen MR) is 90.9 cm³/mol. The second-order valence-electron chi connectivity index (χ2n) is 5.86. The summed E-state index contributed by atoms with van der Waals surface area (Å²) < 4.78 is 5.00. The van der Waals surface area contributed by atoms with Crippen molar-refractivity contribution >= 4 is 6.16 Å². The zero-order chi connectivity index (χ0) is 16.4. The van der Waals surface area contributed by atoms with E-state index in [1.54, 1.807) is 0 Å². The van der Waals surface area contributed by atoms with Crippen LogP contribution in [0.3, 0.4) is 0 Å². The van der Waals surface area contributed by atoms with Crippen LogP contribution >= 0.6 is 0 Å². The highest BCUT2D eigenvalue weighted by molar-refractivity contribution is 5.63. The standard InChI is InChI=1S/C19H30O3/c1-4-7-8-9-12-15-13-14-18(22-19(20)21)17(11-6-3)16(15)10-5-2/h13-14H,4-12H2,1-3H3,(H,20,21). The van der Waals surface area contributed by atoms with Gasteiger partial charge in [-0.3, -0.25) is 0 Å². The maximum atomic E-state index is 10.9. The van der Waals surface area contributed by atoms with Crippen LogP contribution in [0, 0.1) is 0 Å². The van der Waals surface area contributed by atoms with E-state index in [1.807, 2.05) is 6.07 Å². The molecule has 0 aliphatic carbocycles. The van der Waals surface area contributed by atoms with Gasteiger partial charge in [0.05, 0.1) is 0 Å². The molecule has 0 amide bonds. The van der Waals surface area contributed by atoms with Gasteiger partial charge in [-0.1, -0.05) is 58.9 Å². The lowest BCUT2D eigenvalue weighted by Gasteiger charge is -2.17. The van der Waals surface area contributed by atoms with E-state index in [9.17, 15) is 4.79 Å². The van der Waals surface area contributed by atoms with Crippen LogP contribution < -0.4 is 4.74 Å². The maximum absolute atomic E-state index is 10.9. The molecule has 0 aromatic heterocycles. The molecular weight excluding hydrogens is 276 g/mol. The molecule has 0 radical (unpaired) electrons. The van der Waals surface area contributed by atoms with E-state index in [0.29, 0.717) is 5.75 Å². The first-order valence-corrected chi connectivity index (χ1v) is 8.68. The zero-order valence-corrected chi connectivity index (χ0v) is 14.3. The van der Waals surface area contributed by atoms with Crippen molar-refractivity contribution in [1.29, 1.82) is 0 Å². The summed E-state index contributed by atoms with van der Waals surface area (Å²) in [5.41, 5.74) is 3.79. The number of unbranched alkanes of at least 4 members (excludes halogenated alkanes) is 3. The molecule has 0 bridgehead atoms. The molecule has 3 nitrogen and oxygen atoms in total. The van der Waals surface area contributed by atoms with Gasteiger partial charge in [-0.05, 0) is 48.4 Å². The number of carbonyl (C=O) groups is 1. The highest BCUT2D eigenvalue weighted by atomic mass is 16.7. The molecule has 22 heavy (non-hydrogen) atoms. The van der Waals surface area contributed by atoms with E-state index in [0.717, 1.165) is 37.7 Å². The summed E-state index contributed by atoms with van der Waals surface area (Å²) in [7, 11) is 0. The summed E-state index contributed by atoms with van der Waals surface area (Å²) >= 11 is 0. The van der Waals surface area contributed by atoms with Gasteiger partial charge in [-0.2, -0.15) is 0 Å². The topological polar surface area (TPSA) is 46.5 Å². The molecule has 0 atom stereocenters. The van der Waals surface area contributed by atoms with Gasteiger partial charge < -0.3 is 9.84 Å². The van der Waals surface area contributed by atoms with Crippen molar-refractivity contribution in [3.05, 3.63) is 28.8 Å². The van der Waals surface area contributed by atoms with Gasteiger partial charge in [0, 0.05) is 0 Å². The summed E-state index contributed by atoms with van der Waals surface area (Å²) in [6.07, 6.45) is 8.78. The maximum Gasteiger partial charge on any atom is 0.511 e. The average molecular weight is 306 g/mol. The zero-order valence-electron chi connectivity index (χ0n) is 14.3. The molecule has 0 aliphatic rings. The third-order valence-corrected chi connectivity index (χ3v) is 3.98. The van der Waals surface area contributed by atoms with Crippen LogP contribution in [0.2, 0.25) is 0 Å². The fraction of sp³-hybridized carbons (Fsp3) is 0.632. The largest absolute Gasteiger partial charge is 0.511 e. The Kier molecular flexibility index (Phi) is 8.64. The first-order valence-electron chi connectivity index (χ1n) is 8.68. The Labute approximate surface area is 134 Å². The van der Waals surface area contributed by atoms with Crippen molar-refractivity contribution in [1.82, 2.24) is 0 Å². The molecule has 0 aliphatic heterocycles. The fourth-order valence-corrected chi connectivity index (χ4v) is 2.97. The second-order valence-corrected chi connectivity index (χ2v) is 5.86. The summed E-state index contributed by atoms with van der Waals surface area (Å²) in [5.74, 6) is 0.523. The van der Waals surface area contributed by atoms with Crippen molar-refractivity contribution in [3.8, 4) is 5.75 Å². The van der Waals surface area contributed by atoms with Crippen molar-refractivity contribution in [3.63, 3.8) is 0 Å². The lowest BCUT2D eigenvalue weighted by atomic mass is 9.91. The summed E-state index contributed by atoms with van der Waals surface area (Å²) in [6, 6.07) is 3.90. The van der Waals surface area contributed by atoms with Crippen LogP contribution in [0.4, 0.5) is 4.79 Å². The van der Waals surface area contributed by atoms with Crippen LogP contribution in [-0.4, -0.2) is 11.3 Å². The first-order chi connectivity index (χ1) is 10.6. The molecule has 3 heteroatoms. The summed E-state index contributed by atoms with van der Waals surface area (Å²) in [5, 5.41) is 8.93. The first kappa shape index (κ1) is 18.5. The lowest BCUT2D eigenvalue weighted by Crippen LogP contribution is -2.09. The Balaban J connectivity index is 3.04. The van der Waals surface area contributed by atoms with Crippen LogP contribution in [0.15, 0.2) is 12.1 Å². The minimum absolute atomic E-state index is 0.523. The minimum atomic E-state index is -1.23. The van der Waals surface area contributed by atoms with Crippen LogP contribution in [0.25, 0.3) is 0 Å². The molecular formula is C19H30O3. The number of hydrogen-bond acceptors (Lipinski definition) is 2. The molecule has 0 fully saturated rings. The average Bonchev–Trinajstić information content (AvgIpc) is 2.48. The molecule has 1 rings (SSSR count). The monoisotopic (exact) mass is 306 g/mol. The van der Waals surface area contributed by atoms with E-state index in [4.69, 9.17) is 9.84 Å². The van der Waals surface area contributed by atoms with E-state index >= 15 is 0 Å². The van der Waals surface area contributed by atoms with E-state index in [1.165, 1.54) is 36.8 Å². The third kappa shape index (κ3) is 5.70. The lowest BCUT2D eigenvalue weighted by molar-refractivity contribution is 0.144. The highest BCUT2D eigenvalue weighted by Gasteiger charge is 2.15. The molecule has 0 saturated carbocycles. The molecule has 0 heterocycles. The molecule has 0 unspecified atom stereocenters. The molecule has 0 saturated heterocycles. The second kappa shape index (κ2) is 10.3. The number of carboxylic acid groups (broad SMARTS) is 1. The summed E-state index contributed by atoms with van der Waals surface area (Å²) in [6.45, 7) is 6.51. The molecule has 1 N–H and O–H groups in total. The Morgan fingerprint density at radius 2 is 1.59 bits per heavy atom. The highest BCUT2D eigenvalue weighted by Crippen LogP contribution is 2.29. The third-order valence-electron chi connectivity index (χ3n) is 3.98. The van der Waals surface area contributed by atoms with Gasteiger partial charge in [0.25, 0.3) is 0 Å². The van der Waals surface area contributed by atoms with E-state index in [-0.39, 0.29) is 0 Å². The van der Waals surface area contributed by atoms with Gasteiger partial charge in [0.15, 0.2) is 0 Å². The molecule has 124 valence electrons. The number of aryl methyl sites for hydroxylation is 1. The molecule has 0 spiro atoms. The van der Waals surface area contributed by atoms with Crippen LogP contribution in [-0.2, 0) is 19.3 Å². The van der Waals surface area contributed by atoms with Gasteiger partial charge in [-0.25, -0.2) is 4.79 Å². The summed E-state index contributed by atoms with van der Waals surface area (Å²) in [4.78, 5) is 10.9. The normalized spacial score (nSPS) is 10.7. The molecule has 1 aromatic carbocycles. The van der Waals surface area contributed by atoms with E-state index in [2.05, 4.69) is 26.8 Å². The van der Waals surface area contributed by atoms with Crippen LogP contribution in [0.1, 0.15) is 76.0 Å². The number of rotatable bonds is 10. The Morgan fingerprint density at radius 1 is 0.909 bits per heavy atom. The number of benzene rings is 1. The number of ether oxygens (including phenoxy) is 1. The van der Waals surface area contributed by atoms with Gasteiger partial charge in [-0.15, -0.1) is 0 Å². The Hall–Kier alpha value is -1.51. The van der Waals surface area contributed by atoms with Crippen molar-refractivity contribution in [2.75, 3.05) is 0 Å². The Bertz CT molecular complexity index is 466. The quantitative estimate of drug-likeness (QED) is 0.339. The van der Waals surface area contributed by atoms with Crippen molar-refractivity contribution < 1.29 is 14.6 Å². The van der Waals surface area contributed by atoms with E-state index < -0.39 is 6.16 Å². The fourth-order valence-electron chi connectivity index (χ4n) is 2.97. The van der Waals surface area contributed by atoms with Crippen molar-refractivity contribution in [2.24, 2.45) is 0 Å².